The summed E-state index contributed by atoms with van der Waals surface area (Å²) in [5, 5.41) is 3.56. The maximum Gasteiger partial charge on any atom is 0.0960 e. The summed E-state index contributed by atoms with van der Waals surface area (Å²) < 4.78 is 0. The normalized spacial score (nSPS) is 19.3. The van der Waals surface area contributed by atoms with E-state index in [4.69, 9.17) is 10.7 Å². The molecule has 102 valence electrons. The molecule has 2 heterocycles. The maximum atomic E-state index is 6.02. The molecule has 0 unspecified atom stereocenters. The SMILES string of the molecule is CN1CCC(c2nc(CCC(C)(C)N)cs2)CC1. The second kappa shape index (κ2) is 5.68. The summed E-state index contributed by atoms with van der Waals surface area (Å²) in [5.41, 5.74) is 7.16. The molecule has 2 N–H and O–H groups in total. The fourth-order valence-electron chi connectivity index (χ4n) is 2.33. The molecule has 0 amide bonds. The van der Waals surface area contributed by atoms with Crippen LogP contribution in [0.2, 0.25) is 0 Å². The van der Waals surface area contributed by atoms with E-state index < -0.39 is 0 Å². The minimum absolute atomic E-state index is 0.0860. The molecular formula is C14H25N3S. The predicted octanol–water partition coefficient (Wildman–Crippen LogP) is 2.62. The van der Waals surface area contributed by atoms with Crippen LogP contribution < -0.4 is 5.73 Å². The first-order valence-corrected chi connectivity index (χ1v) is 7.74. The summed E-state index contributed by atoms with van der Waals surface area (Å²) in [6.45, 7) is 6.57. The summed E-state index contributed by atoms with van der Waals surface area (Å²) in [5.74, 6) is 0.686. The van der Waals surface area contributed by atoms with Gasteiger partial charge in [-0.25, -0.2) is 4.98 Å². The smallest absolute Gasteiger partial charge is 0.0960 e. The number of piperidine rings is 1. The van der Waals surface area contributed by atoms with Crippen molar-refractivity contribution in [2.45, 2.75) is 51.0 Å². The van der Waals surface area contributed by atoms with E-state index in [0.29, 0.717) is 5.92 Å². The van der Waals surface area contributed by atoms with Crippen molar-refractivity contribution in [3.05, 3.63) is 16.1 Å². The molecule has 0 saturated carbocycles. The van der Waals surface area contributed by atoms with E-state index in [0.717, 1.165) is 12.8 Å². The number of aromatic nitrogens is 1. The zero-order chi connectivity index (χ0) is 13.2. The quantitative estimate of drug-likeness (QED) is 0.912. The first-order chi connectivity index (χ1) is 8.44. The van der Waals surface area contributed by atoms with Crippen LogP contribution in [0.5, 0.6) is 0 Å². The lowest BCUT2D eigenvalue weighted by molar-refractivity contribution is 0.255. The first-order valence-electron chi connectivity index (χ1n) is 6.86. The van der Waals surface area contributed by atoms with Crippen LogP contribution in [0, 0.1) is 0 Å². The van der Waals surface area contributed by atoms with Gasteiger partial charge in [-0.15, -0.1) is 11.3 Å². The second-order valence-corrected chi connectivity index (χ2v) is 7.13. The van der Waals surface area contributed by atoms with Crippen LogP contribution in [0.4, 0.5) is 0 Å². The Labute approximate surface area is 114 Å². The average molecular weight is 267 g/mol. The third-order valence-electron chi connectivity index (χ3n) is 3.66. The van der Waals surface area contributed by atoms with Crippen molar-refractivity contribution in [2.24, 2.45) is 5.73 Å². The zero-order valence-electron chi connectivity index (χ0n) is 11.8. The number of nitrogens with two attached hydrogens (primary N) is 1. The Morgan fingerprint density at radius 3 is 2.72 bits per heavy atom. The van der Waals surface area contributed by atoms with E-state index in [1.165, 1.54) is 36.6 Å². The Morgan fingerprint density at radius 1 is 1.44 bits per heavy atom. The third-order valence-corrected chi connectivity index (χ3v) is 4.72. The number of thiazole rings is 1. The summed E-state index contributed by atoms with van der Waals surface area (Å²) in [6, 6.07) is 0. The van der Waals surface area contributed by atoms with Crippen LogP contribution in [-0.4, -0.2) is 35.6 Å². The van der Waals surface area contributed by atoms with Crippen molar-refractivity contribution < 1.29 is 0 Å². The van der Waals surface area contributed by atoms with Crippen molar-refractivity contribution in [3.63, 3.8) is 0 Å². The highest BCUT2D eigenvalue weighted by Gasteiger charge is 2.21. The molecular weight excluding hydrogens is 242 g/mol. The standard InChI is InChI=1S/C14H25N3S/c1-14(2,15)7-4-12-10-18-13(16-12)11-5-8-17(3)9-6-11/h10-11H,4-9,15H2,1-3H3. The van der Waals surface area contributed by atoms with E-state index in [1.807, 2.05) is 11.3 Å². The predicted molar refractivity (Wildman–Crippen MR) is 78.2 cm³/mol. The summed E-state index contributed by atoms with van der Waals surface area (Å²) in [4.78, 5) is 7.21. The Morgan fingerprint density at radius 2 is 2.11 bits per heavy atom. The highest BCUT2D eigenvalue weighted by Crippen LogP contribution is 2.30. The van der Waals surface area contributed by atoms with Crippen molar-refractivity contribution in [1.29, 1.82) is 0 Å². The average Bonchev–Trinajstić information content (AvgIpc) is 2.75. The molecule has 1 aliphatic heterocycles. The molecule has 0 aromatic carbocycles. The monoisotopic (exact) mass is 267 g/mol. The summed E-state index contributed by atoms with van der Waals surface area (Å²) in [6.07, 6.45) is 4.52. The maximum absolute atomic E-state index is 6.02. The second-order valence-electron chi connectivity index (χ2n) is 6.24. The highest BCUT2D eigenvalue weighted by molar-refractivity contribution is 7.09. The highest BCUT2D eigenvalue weighted by atomic mass is 32.1. The number of hydrogen-bond donors (Lipinski definition) is 1. The van der Waals surface area contributed by atoms with E-state index in [-0.39, 0.29) is 5.54 Å². The van der Waals surface area contributed by atoms with Gasteiger partial charge in [-0.2, -0.15) is 0 Å². The zero-order valence-corrected chi connectivity index (χ0v) is 12.6. The van der Waals surface area contributed by atoms with Crippen LogP contribution in [-0.2, 0) is 6.42 Å². The minimum atomic E-state index is -0.0860. The molecule has 0 spiro atoms. The molecule has 0 bridgehead atoms. The van der Waals surface area contributed by atoms with Gasteiger partial charge in [-0.3, -0.25) is 0 Å². The Hall–Kier alpha value is -0.450. The van der Waals surface area contributed by atoms with Gasteiger partial charge >= 0.3 is 0 Å². The lowest BCUT2D eigenvalue weighted by atomic mass is 9.97. The molecule has 3 nitrogen and oxygen atoms in total. The summed E-state index contributed by atoms with van der Waals surface area (Å²) >= 11 is 1.84. The largest absolute Gasteiger partial charge is 0.326 e. The lowest BCUT2D eigenvalue weighted by Crippen LogP contribution is -2.32. The van der Waals surface area contributed by atoms with Crippen molar-refractivity contribution >= 4 is 11.3 Å². The molecule has 0 atom stereocenters. The van der Waals surface area contributed by atoms with Gasteiger partial charge in [0.25, 0.3) is 0 Å². The van der Waals surface area contributed by atoms with Crippen LogP contribution in [0.1, 0.15) is 49.7 Å². The first kappa shape index (κ1) is 14.0. The van der Waals surface area contributed by atoms with Gasteiger partial charge in [0, 0.05) is 16.8 Å². The minimum Gasteiger partial charge on any atom is -0.326 e. The fraction of sp³-hybridized carbons (Fsp3) is 0.786. The van der Waals surface area contributed by atoms with Gasteiger partial charge in [0.05, 0.1) is 10.7 Å². The van der Waals surface area contributed by atoms with Crippen LogP contribution in [0.3, 0.4) is 0 Å². The number of nitrogens with zero attached hydrogens (tertiary/aromatic N) is 2. The van der Waals surface area contributed by atoms with Crippen LogP contribution >= 0.6 is 11.3 Å². The molecule has 4 heteroatoms. The Balaban J connectivity index is 1.90. The molecule has 1 saturated heterocycles. The van der Waals surface area contributed by atoms with E-state index in [9.17, 15) is 0 Å². The van der Waals surface area contributed by atoms with Crippen LogP contribution in [0.25, 0.3) is 0 Å². The Kier molecular flexibility index (Phi) is 4.41. The van der Waals surface area contributed by atoms with Gasteiger partial charge in [-0.05, 0) is 59.7 Å². The van der Waals surface area contributed by atoms with Gasteiger partial charge in [0.2, 0.25) is 0 Å². The van der Waals surface area contributed by atoms with E-state index in [2.05, 4.69) is 31.2 Å². The van der Waals surface area contributed by atoms with E-state index in [1.54, 1.807) is 0 Å². The molecule has 1 fully saturated rings. The molecule has 1 aromatic heterocycles. The number of rotatable bonds is 4. The number of likely N-dealkylation sites (tertiary alicyclic amines) is 1. The molecule has 2 rings (SSSR count). The van der Waals surface area contributed by atoms with Crippen molar-refractivity contribution in [2.75, 3.05) is 20.1 Å². The number of aryl methyl sites for hydroxylation is 1. The molecule has 18 heavy (non-hydrogen) atoms. The van der Waals surface area contributed by atoms with Gasteiger partial charge < -0.3 is 10.6 Å². The molecule has 1 aromatic rings. The van der Waals surface area contributed by atoms with Gasteiger partial charge in [-0.1, -0.05) is 0 Å². The van der Waals surface area contributed by atoms with Crippen LogP contribution in [0.15, 0.2) is 5.38 Å². The number of hydrogen-bond acceptors (Lipinski definition) is 4. The Bertz CT molecular complexity index is 373. The van der Waals surface area contributed by atoms with E-state index >= 15 is 0 Å². The lowest BCUT2D eigenvalue weighted by Gasteiger charge is -2.27. The van der Waals surface area contributed by atoms with Gasteiger partial charge in [0.15, 0.2) is 0 Å². The fourth-order valence-corrected chi connectivity index (χ4v) is 3.36. The topological polar surface area (TPSA) is 42.2 Å². The van der Waals surface area contributed by atoms with Crippen molar-refractivity contribution in [1.82, 2.24) is 9.88 Å². The third kappa shape index (κ3) is 4.04. The molecule has 0 radical (unpaired) electrons. The molecule has 0 aliphatic carbocycles. The molecule has 1 aliphatic rings. The van der Waals surface area contributed by atoms with Crippen molar-refractivity contribution in [3.8, 4) is 0 Å². The van der Waals surface area contributed by atoms with Gasteiger partial charge in [0.1, 0.15) is 0 Å². The summed E-state index contributed by atoms with van der Waals surface area (Å²) in [7, 11) is 2.20.